The lowest BCUT2D eigenvalue weighted by molar-refractivity contribution is -0.119. The van der Waals surface area contributed by atoms with Gasteiger partial charge >= 0.3 is 0 Å². The van der Waals surface area contributed by atoms with Crippen LogP contribution in [0.4, 0.5) is 11.4 Å². The highest BCUT2D eigenvalue weighted by molar-refractivity contribution is 8.00. The van der Waals surface area contributed by atoms with Crippen LogP contribution in [-0.2, 0) is 14.3 Å². The van der Waals surface area contributed by atoms with E-state index in [0.717, 1.165) is 20.8 Å². The molecule has 0 saturated heterocycles. The first-order valence-electron chi connectivity index (χ1n) is 8.50. The Labute approximate surface area is 170 Å². The number of hydrogen-bond donors (Lipinski definition) is 2. The van der Waals surface area contributed by atoms with E-state index in [0.29, 0.717) is 11.4 Å². The molecule has 0 radical (unpaired) electrons. The summed E-state index contributed by atoms with van der Waals surface area (Å²) in [6.45, 7) is 4.11. The van der Waals surface area contributed by atoms with Crippen molar-refractivity contribution in [3.05, 3.63) is 41.0 Å². The minimum absolute atomic E-state index is 0.00481. The number of thiophene rings is 1. The summed E-state index contributed by atoms with van der Waals surface area (Å²) in [6.07, 6.45) is 1.54. The number of nitrogens with one attached hydrogen (secondary N) is 2. The highest BCUT2D eigenvalue weighted by Gasteiger charge is 2.14. The molecule has 2 aromatic heterocycles. The minimum Gasteiger partial charge on any atom is -0.375 e. The molecule has 0 atom stereocenters. The summed E-state index contributed by atoms with van der Waals surface area (Å²) in [6, 6.07) is 6.92. The molecule has 0 saturated carbocycles. The third-order valence-corrected chi connectivity index (χ3v) is 6.10. The van der Waals surface area contributed by atoms with Gasteiger partial charge < -0.3 is 15.4 Å². The van der Waals surface area contributed by atoms with E-state index in [4.69, 9.17) is 4.74 Å². The fourth-order valence-electron chi connectivity index (χ4n) is 2.56. The van der Waals surface area contributed by atoms with E-state index in [9.17, 15) is 9.59 Å². The number of anilines is 2. The fourth-order valence-corrected chi connectivity index (χ4v) is 4.47. The summed E-state index contributed by atoms with van der Waals surface area (Å²) in [5.74, 6) is -0.115. The lowest BCUT2D eigenvalue weighted by atomic mass is 10.2. The molecule has 0 unspecified atom stereocenters. The molecule has 0 aliphatic rings. The molecular weight excluding hydrogens is 396 g/mol. The maximum absolute atomic E-state index is 12.3. The summed E-state index contributed by atoms with van der Waals surface area (Å²) in [5.41, 5.74) is 2.46. The number of rotatable bonds is 7. The van der Waals surface area contributed by atoms with Gasteiger partial charge in [0.1, 0.15) is 22.8 Å². The molecule has 0 aliphatic heterocycles. The highest BCUT2D eigenvalue weighted by Crippen LogP contribution is 2.34. The van der Waals surface area contributed by atoms with Gasteiger partial charge in [0.15, 0.2) is 0 Å². The Morgan fingerprint density at radius 2 is 1.71 bits per heavy atom. The van der Waals surface area contributed by atoms with Crippen molar-refractivity contribution in [2.45, 2.75) is 18.9 Å². The second kappa shape index (κ2) is 9.13. The standard InChI is InChI=1S/C19H20N4O3S2/c1-11-12(2)28-19-17(11)18(20-10-21-19)27-9-16(25)23-14-6-4-13(5-7-14)22-15(24)8-26-3/h4-7,10H,8-9H2,1-3H3,(H,22,24)(H,23,25). The van der Waals surface area contributed by atoms with Crippen LogP contribution in [0.25, 0.3) is 10.2 Å². The van der Waals surface area contributed by atoms with E-state index < -0.39 is 0 Å². The van der Waals surface area contributed by atoms with Gasteiger partial charge in [0.25, 0.3) is 0 Å². The second-order valence-electron chi connectivity index (χ2n) is 6.04. The molecule has 2 amide bonds. The number of nitrogens with zero attached hydrogens (tertiary/aromatic N) is 2. The first-order chi connectivity index (χ1) is 13.5. The Hall–Kier alpha value is -2.49. The number of amides is 2. The molecule has 2 heterocycles. The summed E-state index contributed by atoms with van der Waals surface area (Å²) in [5, 5.41) is 7.39. The Balaban J connectivity index is 1.58. The van der Waals surface area contributed by atoms with Gasteiger partial charge in [-0.1, -0.05) is 11.8 Å². The van der Waals surface area contributed by atoms with Crippen molar-refractivity contribution in [2.24, 2.45) is 0 Å². The molecule has 2 N–H and O–H groups in total. The van der Waals surface area contributed by atoms with Crippen LogP contribution in [0.2, 0.25) is 0 Å². The van der Waals surface area contributed by atoms with Gasteiger partial charge in [-0.05, 0) is 43.7 Å². The lowest BCUT2D eigenvalue weighted by Crippen LogP contribution is -2.17. The van der Waals surface area contributed by atoms with Crippen LogP contribution >= 0.6 is 23.1 Å². The summed E-state index contributed by atoms with van der Waals surface area (Å²) in [7, 11) is 1.46. The SMILES string of the molecule is COCC(=O)Nc1ccc(NC(=O)CSc2ncnc3sc(C)c(C)c23)cc1. The van der Waals surface area contributed by atoms with E-state index in [2.05, 4.69) is 34.4 Å². The van der Waals surface area contributed by atoms with Crippen LogP contribution in [0.15, 0.2) is 35.6 Å². The van der Waals surface area contributed by atoms with Crippen molar-refractivity contribution < 1.29 is 14.3 Å². The smallest absolute Gasteiger partial charge is 0.250 e. The van der Waals surface area contributed by atoms with E-state index in [-0.39, 0.29) is 24.2 Å². The average molecular weight is 417 g/mol. The van der Waals surface area contributed by atoms with Gasteiger partial charge in [-0.15, -0.1) is 11.3 Å². The van der Waals surface area contributed by atoms with Crippen molar-refractivity contribution >= 4 is 56.5 Å². The first-order valence-corrected chi connectivity index (χ1v) is 10.3. The van der Waals surface area contributed by atoms with Crippen molar-refractivity contribution in [3.63, 3.8) is 0 Å². The maximum Gasteiger partial charge on any atom is 0.250 e. The molecule has 28 heavy (non-hydrogen) atoms. The molecule has 7 nitrogen and oxygen atoms in total. The quantitative estimate of drug-likeness (QED) is 0.451. The third kappa shape index (κ3) is 4.86. The van der Waals surface area contributed by atoms with Gasteiger partial charge in [0, 0.05) is 28.7 Å². The zero-order chi connectivity index (χ0) is 20.1. The van der Waals surface area contributed by atoms with Gasteiger partial charge in [0.05, 0.1) is 5.75 Å². The van der Waals surface area contributed by atoms with Crippen LogP contribution in [0.5, 0.6) is 0 Å². The van der Waals surface area contributed by atoms with Crippen LogP contribution < -0.4 is 10.6 Å². The number of thioether (sulfide) groups is 1. The van der Waals surface area contributed by atoms with Crippen LogP contribution in [0, 0.1) is 13.8 Å². The molecule has 3 aromatic rings. The number of carbonyl (C=O) groups is 2. The van der Waals surface area contributed by atoms with Crippen LogP contribution in [-0.4, -0.2) is 41.3 Å². The largest absolute Gasteiger partial charge is 0.375 e. The zero-order valence-electron chi connectivity index (χ0n) is 15.7. The predicted molar refractivity (Wildman–Crippen MR) is 113 cm³/mol. The average Bonchev–Trinajstić information content (AvgIpc) is 2.96. The Morgan fingerprint density at radius 3 is 2.36 bits per heavy atom. The molecule has 0 bridgehead atoms. The highest BCUT2D eigenvalue weighted by atomic mass is 32.2. The summed E-state index contributed by atoms with van der Waals surface area (Å²) >= 11 is 3.03. The first kappa shape index (κ1) is 20.2. The number of aryl methyl sites for hydroxylation is 2. The molecule has 146 valence electrons. The van der Waals surface area contributed by atoms with Crippen molar-refractivity contribution in [1.29, 1.82) is 0 Å². The second-order valence-corrected chi connectivity index (χ2v) is 8.20. The molecule has 1 aromatic carbocycles. The van der Waals surface area contributed by atoms with E-state index in [1.807, 2.05) is 0 Å². The predicted octanol–water partition coefficient (Wildman–Crippen LogP) is 3.62. The Kier molecular flexibility index (Phi) is 6.61. The number of ether oxygens (including phenoxy) is 1. The Bertz CT molecular complexity index is 1000. The number of fused-ring (bicyclic) bond motifs is 1. The number of hydrogen-bond acceptors (Lipinski definition) is 7. The van der Waals surface area contributed by atoms with Crippen molar-refractivity contribution in [3.8, 4) is 0 Å². The normalized spacial score (nSPS) is 10.8. The fraction of sp³-hybridized carbons (Fsp3) is 0.263. The van der Waals surface area contributed by atoms with Gasteiger partial charge in [-0.25, -0.2) is 9.97 Å². The molecule has 0 aliphatic carbocycles. The summed E-state index contributed by atoms with van der Waals surface area (Å²) < 4.78 is 4.77. The maximum atomic E-state index is 12.3. The van der Waals surface area contributed by atoms with Crippen molar-refractivity contribution in [2.75, 3.05) is 30.1 Å². The minimum atomic E-state index is -0.231. The number of carbonyl (C=O) groups excluding carboxylic acids is 2. The molecular formula is C19H20N4O3S2. The van der Waals surface area contributed by atoms with Gasteiger partial charge in [-0.3, -0.25) is 9.59 Å². The van der Waals surface area contributed by atoms with E-state index in [1.165, 1.54) is 30.1 Å². The van der Waals surface area contributed by atoms with Gasteiger partial charge in [0.2, 0.25) is 11.8 Å². The van der Waals surface area contributed by atoms with Gasteiger partial charge in [-0.2, -0.15) is 0 Å². The Morgan fingerprint density at radius 1 is 1.07 bits per heavy atom. The van der Waals surface area contributed by atoms with Crippen molar-refractivity contribution in [1.82, 2.24) is 9.97 Å². The monoisotopic (exact) mass is 416 g/mol. The lowest BCUT2D eigenvalue weighted by Gasteiger charge is -2.08. The topological polar surface area (TPSA) is 93.2 Å². The zero-order valence-corrected chi connectivity index (χ0v) is 17.4. The number of benzene rings is 1. The number of aromatic nitrogens is 2. The van der Waals surface area contributed by atoms with E-state index in [1.54, 1.807) is 35.6 Å². The molecule has 0 fully saturated rings. The molecule has 9 heteroatoms. The molecule has 3 rings (SSSR count). The van der Waals surface area contributed by atoms with Crippen LogP contribution in [0.3, 0.4) is 0 Å². The van der Waals surface area contributed by atoms with E-state index >= 15 is 0 Å². The number of methoxy groups -OCH3 is 1. The van der Waals surface area contributed by atoms with Crippen LogP contribution in [0.1, 0.15) is 10.4 Å². The summed E-state index contributed by atoms with van der Waals surface area (Å²) in [4.78, 5) is 34.6. The molecule has 0 spiro atoms. The third-order valence-electron chi connectivity index (χ3n) is 4.00.